The van der Waals surface area contributed by atoms with Crippen molar-refractivity contribution in [3.63, 3.8) is 0 Å². The molecule has 2 aromatic rings. The maximum atomic E-state index is 12.2. The minimum atomic E-state index is -1.07. The molecule has 0 aromatic heterocycles. The summed E-state index contributed by atoms with van der Waals surface area (Å²) in [6, 6.07) is 16.3. The molecule has 1 atom stereocenters. The SMILES string of the molecule is CCOC(=O)/C(=C\c1ccccc1)C(O)c1ccc(OC)cc1. The zero-order chi connectivity index (χ0) is 16.7. The van der Waals surface area contributed by atoms with E-state index in [9.17, 15) is 9.90 Å². The molecule has 0 fully saturated rings. The average Bonchev–Trinajstić information content (AvgIpc) is 2.60. The van der Waals surface area contributed by atoms with Crippen molar-refractivity contribution in [2.45, 2.75) is 13.0 Å². The van der Waals surface area contributed by atoms with E-state index in [-0.39, 0.29) is 12.2 Å². The van der Waals surface area contributed by atoms with Crippen LogP contribution >= 0.6 is 0 Å². The molecule has 120 valence electrons. The summed E-state index contributed by atoms with van der Waals surface area (Å²) in [7, 11) is 1.57. The first kappa shape index (κ1) is 16.8. The third-order valence-electron chi connectivity index (χ3n) is 3.36. The van der Waals surface area contributed by atoms with Gasteiger partial charge in [-0.1, -0.05) is 42.5 Å². The Balaban J connectivity index is 2.35. The highest BCUT2D eigenvalue weighted by molar-refractivity contribution is 5.95. The zero-order valence-electron chi connectivity index (χ0n) is 13.2. The molecule has 0 heterocycles. The second kappa shape index (κ2) is 8.15. The number of aliphatic hydroxyl groups is 1. The van der Waals surface area contributed by atoms with Gasteiger partial charge in [0.2, 0.25) is 0 Å². The van der Waals surface area contributed by atoms with E-state index in [1.807, 2.05) is 30.3 Å². The lowest BCUT2D eigenvalue weighted by Gasteiger charge is -2.15. The molecule has 0 aliphatic carbocycles. The Morgan fingerprint density at radius 3 is 2.35 bits per heavy atom. The lowest BCUT2D eigenvalue weighted by molar-refractivity contribution is -0.139. The molecule has 2 rings (SSSR count). The predicted octanol–water partition coefficient (Wildman–Crippen LogP) is 3.38. The number of hydrogen-bond acceptors (Lipinski definition) is 4. The average molecular weight is 312 g/mol. The van der Waals surface area contributed by atoms with E-state index in [0.717, 1.165) is 5.56 Å². The van der Waals surface area contributed by atoms with Crippen LogP contribution in [0.3, 0.4) is 0 Å². The first-order valence-electron chi connectivity index (χ1n) is 7.41. The largest absolute Gasteiger partial charge is 0.497 e. The molecule has 1 unspecified atom stereocenters. The van der Waals surface area contributed by atoms with Gasteiger partial charge < -0.3 is 14.6 Å². The molecule has 23 heavy (non-hydrogen) atoms. The molecule has 4 nitrogen and oxygen atoms in total. The summed E-state index contributed by atoms with van der Waals surface area (Å²) in [6.07, 6.45) is 0.576. The molecule has 0 saturated carbocycles. The fourth-order valence-electron chi connectivity index (χ4n) is 2.16. The first-order chi connectivity index (χ1) is 11.2. The van der Waals surface area contributed by atoms with E-state index in [1.165, 1.54) is 0 Å². The Morgan fingerprint density at radius 2 is 1.78 bits per heavy atom. The fourth-order valence-corrected chi connectivity index (χ4v) is 2.16. The molecule has 0 aliphatic heterocycles. The molecule has 0 spiro atoms. The predicted molar refractivity (Wildman–Crippen MR) is 89.0 cm³/mol. The molecule has 1 N–H and O–H groups in total. The number of ether oxygens (including phenoxy) is 2. The van der Waals surface area contributed by atoms with Crippen molar-refractivity contribution in [2.75, 3.05) is 13.7 Å². The summed E-state index contributed by atoms with van der Waals surface area (Å²) in [5, 5.41) is 10.6. The van der Waals surface area contributed by atoms with Crippen molar-refractivity contribution in [3.05, 3.63) is 71.3 Å². The standard InChI is InChI=1S/C19H20O4/c1-3-23-19(21)17(13-14-7-5-4-6-8-14)18(20)15-9-11-16(22-2)12-10-15/h4-13,18,20H,3H2,1-2H3/b17-13-. The topological polar surface area (TPSA) is 55.8 Å². The van der Waals surface area contributed by atoms with Gasteiger partial charge in [0.15, 0.2) is 0 Å². The molecule has 4 heteroatoms. The minimum Gasteiger partial charge on any atom is -0.497 e. The van der Waals surface area contributed by atoms with Crippen molar-refractivity contribution >= 4 is 12.0 Å². The number of carbonyl (C=O) groups excluding carboxylic acids is 1. The van der Waals surface area contributed by atoms with E-state index in [1.54, 1.807) is 44.4 Å². The third-order valence-corrected chi connectivity index (χ3v) is 3.36. The van der Waals surface area contributed by atoms with Crippen LogP contribution in [0, 0.1) is 0 Å². The van der Waals surface area contributed by atoms with Gasteiger partial charge in [-0.2, -0.15) is 0 Å². The van der Waals surface area contributed by atoms with Crippen molar-refractivity contribution in [1.29, 1.82) is 0 Å². The Kier molecular flexibility index (Phi) is 5.94. The highest BCUT2D eigenvalue weighted by Crippen LogP contribution is 2.26. The normalized spacial score (nSPS) is 12.6. The zero-order valence-corrected chi connectivity index (χ0v) is 13.2. The monoisotopic (exact) mass is 312 g/mol. The van der Waals surface area contributed by atoms with Crippen LogP contribution in [0.5, 0.6) is 5.75 Å². The van der Waals surface area contributed by atoms with Gasteiger partial charge in [-0.25, -0.2) is 4.79 Å². The summed E-state index contributed by atoms with van der Waals surface area (Å²) in [5.74, 6) is 0.158. The van der Waals surface area contributed by atoms with Crippen molar-refractivity contribution in [1.82, 2.24) is 0 Å². The number of esters is 1. The summed E-state index contributed by atoms with van der Waals surface area (Å²) in [4.78, 5) is 12.2. The number of benzene rings is 2. The van der Waals surface area contributed by atoms with Gasteiger partial charge in [-0.15, -0.1) is 0 Å². The molecule has 2 aromatic carbocycles. The summed E-state index contributed by atoms with van der Waals surface area (Å²) >= 11 is 0. The van der Waals surface area contributed by atoms with Crippen LogP contribution in [0.1, 0.15) is 24.2 Å². The number of hydrogen-bond donors (Lipinski definition) is 1. The van der Waals surface area contributed by atoms with Crippen LogP contribution in [0.4, 0.5) is 0 Å². The molecule has 0 aliphatic rings. The van der Waals surface area contributed by atoms with Gasteiger partial charge in [0.1, 0.15) is 11.9 Å². The minimum absolute atomic E-state index is 0.197. The smallest absolute Gasteiger partial charge is 0.337 e. The Labute approximate surface area is 136 Å². The van der Waals surface area contributed by atoms with Crippen LogP contribution in [0.2, 0.25) is 0 Å². The maximum Gasteiger partial charge on any atom is 0.337 e. The van der Waals surface area contributed by atoms with Crippen molar-refractivity contribution in [2.24, 2.45) is 0 Å². The molecule has 0 radical (unpaired) electrons. The van der Waals surface area contributed by atoms with Gasteiger partial charge in [-0.3, -0.25) is 0 Å². The number of aliphatic hydroxyl groups excluding tert-OH is 1. The second-order valence-electron chi connectivity index (χ2n) is 4.91. The molecule has 0 bridgehead atoms. The fraction of sp³-hybridized carbons (Fsp3) is 0.211. The van der Waals surface area contributed by atoms with Crippen molar-refractivity contribution in [3.8, 4) is 5.75 Å². The van der Waals surface area contributed by atoms with E-state index >= 15 is 0 Å². The van der Waals surface area contributed by atoms with Crippen LogP contribution in [0.25, 0.3) is 6.08 Å². The van der Waals surface area contributed by atoms with Crippen LogP contribution in [-0.2, 0) is 9.53 Å². The maximum absolute atomic E-state index is 12.2. The third kappa shape index (κ3) is 4.44. The second-order valence-corrected chi connectivity index (χ2v) is 4.91. The van der Waals surface area contributed by atoms with Gasteiger partial charge in [-0.05, 0) is 36.3 Å². The summed E-state index contributed by atoms with van der Waals surface area (Å²) in [5.41, 5.74) is 1.62. The van der Waals surface area contributed by atoms with Gasteiger partial charge in [0.05, 0.1) is 19.3 Å². The van der Waals surface area contributed by atoms with Crippen molar-refractivity contribution < 1.29 is 19.4 Å². The number of methoxy groups -OCH3 is 1. The quantitative estimate of drug-likeness (QED) is 0.656. The summed E-state index contributed by atoms with van der Waals surface area (Å²) < 4.78 is 10.2. The molecular weight excluding hydrogens is 292 g/mol. The van der Waals surface area contributed by atoms with Crippen LogP contribution in [-0.4, -0.2) is 24.8 Å². The van der Waals surface area contributed by atoms with E-state index < -0.39 is 12.1 Å². The Morgan fingerprint density at radius 1 is 1.13 bits per heavy atom. The number of carbonyl (C=O) groups is 1. The van der Waals surface area contributed by atoms with E-state index in [4.69, 9.17) is 9.47 Å². The first-order valence-corrected chi connectivity index (χ1v) is 7.41. The lowest BCUT2D eigenvalue weighted by atomic mass is 9.99. The van der Waals surface area contributed by atoms with Crippen LogP contribution in [0.15, 0.2) is 60.2 Å². The van der Waals surface area contributed by atoms with Gasteiger partial charge in [0, 0.05) is 0 Å². The number of rotatable bonds is 6. The van der Waals surface area contributed by atoms with Gasteiger partial charge in [0.25, 0.3) is 0 Å². The lowest BCUT2D eigenvalue weighted by Crippen LogP contribution is -2.14. The highest BCUT2D eigenvalue weighted by Gasteiger charge is 2.21. The Hall–Kier alpha value is -2.59. The van der Waals surface area contributed by atoms with E-state index in [2.05, 4.69) is 0 Å². The molecular formula is C19H20O4. The molecule has 0 amide bonds. The molecule has 0 saturated heterocycles. The van der Waals surface area contributed by atoms with E-state index in [0.29, 0.717) is 11.3 Å². The highest BCUT2D eigenvalue weighted by atomic mass is 16.5. The van der Waals surface area contributed by atoms with Gasteiger partial charge >= 0.3 is 5.97 Å². The Bertz CT molecular complexity index is 660. The summed E-state index contributed by atoms with van der Waals surface area (Å²) in [6.45, 7) is 1.98. The van der Waals surface area contributed by atoms with Crippen LogP contribution < -0.4 is 4.74 Å².